The van der Waals surface area contributed by atoms with E-state index in [9.17, 15) is 4.79 Å². The third-order valence-electron chi connectivity index (χ3n) is 5.47. The number of hydrogen-bond acceptors (Lipinski definition) is 4. The fraction of sp³-hybridized carbons (Fsp3) is 0.900. The number of carbonyl (C=O) groups is 1. The minimum absolute atomic E-state index is 0. The van der Waals surface area contributed by atoms with Crippen molar-refractivity contribution in [2.75, 3.05) is 65.5 Å². The SMILES string of the molecule is CCNC(=NCCCCN(CC)CC)N1CCN(C(=O)C2CCCO2)CC1.I. The number of rotatable bonds is 9. The van der Waals surface area contributed by atoms with Crippen molar-refractivity contribution in [3.63, 3.8) is 0 Å². The van der Waals surface area contributed by atoms with Gasteiger partial charge in [0.15, 0.2) is 5.96 Å². The zero-order valence-corrected chi connectivity index (χ0v) is 20.3. The Labute approximate surface area is 188 Å². The maximum Gasteiger partial charge on any atom is 0.251 e. The molecule has 1 N–H and O–H groups in total. The van der Waals surface area contributed by atoms with Crippen molar-refractivity contribution in [3.05, 3.63) is 0 Å². The molecule has 164 valence electrons. The van der Waals surface area contributed by atoms with Crippen molar-refractivity contribution in [1.82, 2.24) is 20.0 Å². The Kier molecular flexibility index (Phi) is 13.1. The molecule has 0 aromatic carbocycles. The lowest BCUT2D eigenvalue weighted by molar-refractivity contribution is -0.142. The van der Waals surface area contributed by atoms with Crippen LogP contribution < -0.4 is 5.32 Å². The molecular formula is C20H40IN5O2. The van der Waals surface area contributed by atoms with Crippen molar-refractivity contribution >= 4 is 35.8 Å². The Morgan fingerprint density at radius 1 is 1.11 bits per heavy atom. The summed E-state index contributed by atoms with van der Waals surface area (Å²) < 4.78 is 5.55. The quantitative estimate of drug-likeness (QED) is 0.223. The zero-order valence-electron chi connectivity index (χ0n) is 18.0. The standard InChI is InChI=1S/C20H39N5O2.HI/c1-4-21-20(22-11-7-8-12-23(5-2)6-3)25-15-13-24(14-16-25)19(26)18-10-9-17-27-18;/h18H,4-17H2,1-3H3,(H,21,22);1H. The molecule has 0 aliphatic carbocycles. The average molecular weight is 509 g/mol. The summed E-state index contributed by atoms with van der Waals surface area (Å²) in [4.78, 5) is 24.0. The van der Waals surface area contributed by atoms with E-state index in [0.717, 1.165) is 90.7 Å². The van der Waals surface area contributed by atoms with Gasteiger partial charge in [-0.2, -0.15) is 0 Å². The number of ether oxygens (including phenoxy) is 1. The Morgan fingerprint density at radius 2 is 1.79 bits per heavy atom. The van der Waals surface area contributed by atoms with E-state index in [1.807, 2.05) is 4.90 Å². The van der Waals surface area contributed by atoms with E-state index in [1.54, 1.807) is 0 Å². The molecule has 0 bridgehead atoms. The minimum Gasteiger partial charge on any atom is -0.368 e. The summed E-state index contributed by atoms with van der Waals surface area (Å²) in [5, 5.41) is 3.41. The number of amides is 1. The van der Waals surface area contributed by atoms with Crippen LogP contribution in [0, 0.1) is 0 Å². The summed E-state index contributed by atoms with van der Waals surface area (Å²) in [5.74, 6) is 1.16. The van der Waals surface area contributed by atoms with Gasteiger partial charge in [0.1, 0.15) is 6.10 Å². The van der Waals surface area contributed by atoms with Crippen molar-refractivity contribution < 1.29 is 9.53 Å². The van der Waals surface area contributed by atoms with Gasteiger partial charge in [0.05, 0.1) is 0 Å². The number of nitrogens with one attached hydrogen (secondary N) is 1. The fourth-order valence-electron chi connectivity index (χ4n) is 3.71. The average Bonchev–Trinajstić information content (AvgIpc) is 3.24. The smallest absolute Gasteiger partial charge is 0.251 e. The second-order valence-corrected chi connectivity index (χ2v) is 7.28. The number of hydrogen-bond donors (Lipinski definition) is 1. The second-order valence-electron chi connectivity index (χ2n) is 7.28. The van der Waals surface area contributed by atoms with Gasteiger partial charge in [0.25, 0.3) is 5.91 Å². The molecule has 2 saturated heterocycles. The van der Waals surface area contributed by atoms with Gasteiger partial charge in [-0.3, -0.25) is 9.79 Å². The van der Waals surface area contributed by atoms with E-state index in [0.29, 0.717) is 0 Å². The summed E-state index contributed by atoms with van der Waals surface area (Å²) in [5.41, 5.74) is 0. The maximum absolute atomic E-state index is 12.5. The molecule has 8 heteroatoms. The van der Waals surface area contributed by atoms with Gasteiger partial charge >= 0.3 is 0 Å². The number of unbranched alkanes of at least 4 members (excludes halogenated alkanes) is 1. The molecule has 0 spiro atoms. The number of guanidine groups is 1. The largest absolute Gasteiger partial charge is 0.368 e. The predicted octanol–water partition coefficient (Wildman–Crippen LogP) is 2.02. The first-order chi connectivity index (χ1) is 13.2. The maximum atomic E-state index is 12.5. The summed E-state index contributed by atoms with van der Waals surface area (Å²) in [6, 6.07) is 0. The van der Waals surface area contributed by atoms with E-state index < -0.39 is 0 Å². The summed E-state index contributed by atoms with van der Waals surface area (Å²) in [7, 11) is 0. The fourth-order valence-corrected chi connectivity index (χ4v) is 3.71. The zero-order chi connectivity index (χ0) is 19.5. The molecule has 1 atom stereocenters. The molecule has 0 aromatic rings. The van der Waals surface area contributed by atoms with E-state index in [1.165, 1.54) is 6.42 Å². The Balaban J connectivity index is 0.00000392. The monoisotopic (exact) mass is 509 g/mol. The minimum atomic E-state index is -0.204. The Hall–Kier alpha value is -0.610. The highest BCUT2D eigenvalue weighted by molar-refractivity contribution is 14.0. The van der Waals surface area contributed by atoms with Crippen molar-refractivity contribution in [1.29, 1.82) is 0 Å². The van der Waals surface area contributed by atoms with Crippen LogP contribution in [0.5, 0.6) is 0 Å². The molecule has 1 unspecified atom stereocenters. The van der Waals surface area contributed by atoms with Gasteiger partial charge in [-0.1, -0.05) is 13.8 Å². The molecule has 2 fully saturated rings. The van der Waals surface area contributed by atoms with Crippen molar-refractivity contribution in [3.8, 4) is 0 Å². The van der Waals surface area contributed by atoms with E-state index in [-0.39, 0.29) is 36.0 Å². The number of aliphatic imine (C=N–C) groups is 1. The molecule has 1 amide bonds. The summed E-state index contributed by atoms with van der Waals surface area (Å²) >= 11 is 0. The highest BCUT2D eigenvalue weighted by Gasteiger charge is 2.30. The topological polar surface area (TPSA) is 60.4 Å². The Morgan fingerprint density at radius 3 is 2.36 bits per heavy atom. The third-order valence-corrected chi connectivity index (χ3v) is 5.47. The molecule has 2 rings (SSSR count). The number of piperazine rings is 1. The first kappa shape index (κ1) is 25.4. The van der Waals surface area contributed by atoms with Crippen molar-refractivity contribution in [2.24, 2.45) is 4.99 Å². The van der Waals surface area contributed by atoms with Crippen LogP contribution in [0.2, 0.25) is 0 Å². The number of carbonyl (C=O) groups excluding carboxylic acids is 1. The van der Waals surface area contributed by atoms with Crippen LogP contribution in [0.1, 0.15) is 46.5 Å². The van der Waals surface area contributed by atoms with Crippen LogP contribution in [0.4, 0.5) is 0 Å². The molecule has 0 aromatic heterocycles. The van der Waals surface area contributed by atoms with Gasteiger partial charge in [-0.05, 0) is 52.2 Å². The summed E-state index contributed by atoms with van der Waals surface area (Å²) in [6.45, 7) is 15.6. The highest BCUT2D eigenvalue weighted by atomic mass is 127. The van der Waals surface area contributed by atoms with Gasteiger partial charge in [-0.15, -0.1) is 24.0 Å². The summed E-state index contributed by atoms with van der Waals surface area (Å²) in [6.07, 6.45) is 3.97. The van der Waals surface area contributed by atoms with Crippen LogP contribution in [0.3, 0.4) is 0 Å². The van der Waals surface area contributed by atoms with Gasteiger partial charge in [0, 0.05) is 45.9 Å². The lowest BCUT2D eigenvalue weighted by Gasteiger charge is -2.37. The van der Waals surface area contributed by atoms with Gasteiger partial charge < -0.3 is 24.8 Å². The third kappa shape index (κ3) is 8.02. The van der Waals surface area contributed by atoms with Crippen LogP contribution >= 0.6 is 24.0 Å². The first-order valence-electron chi connectivity index (χ1n) is 10.9. The second kappa shape index (κ2) is 14.4. The number of nitrogens with zero attached hydrogens (tertiary/aromatic N) is 4. The molecule has 2 aliphatic rings. The van der Waals surface area contributed by atoms with Crippen LogP contribution in [-0.4, -0.2) is 98.2 Å². The van der Waals surface area contributed by atoms with E-state index >= 15 is 0 Å². The van der Waals surface area contributed by atoms with Gasteiger partial charge in [0.2, 0.25) is 0 Å². The van der Waals surface area contributed by atoms with Crippen LogP contribution in [0.25, 0.3) is 0 Å². The van der Waals surface area contributed by atoms with Crippen LogP contribution in [-0.2, 0) is 9.53 Å². The van der Waals surface area contributed by atoms with Crippen LogP contribution in [0.15, 0.2) is 4.99 Å². The highest BCUT2D eigenvalue weighted by Crippen LogP contribution is 2.16. The lowest BCUT2D eigenvalue weighted by atomic mass is 10.2. The molecule has 2 aliphatic heterocycles. The molecule has 0 saturated carbocycles. The molecular weight excluding hydrogens is 469 g/mol. The first-order valence-corrected chi connectivity index (χ1v) is 10.9. The number of halogens is 1. The molecule has 28 heavy (non-hydrogen) atoms. The lowest BCUT2D eigenvalue weighted by Crippen LogP contribution is -2.55. The van der Waals surface area contributed by atoms with Gasteiger partial charge in [-0.25, -0.2) is 0 Å². The van der Waals surface area contributed by atoms with Crippen molar-refractivity contribution in [2.45, 2.75) is 52.6 Å². The predicted molar refractivity (Wildman–Crippen MR) is 126 cm³/mol. The van der Waals surface area contributed by atoms with E-state index in [4.69, 9.17) is 9.73 Å². The normalized spacial score (nSPS) is 20.4. The van der Waals surface area contributed by atoms with E-state index in [2.05, 4.69) is 35.9 Å². The molecule has 7 nitrogen and oxygen atoms in total. The molecule has 0 radical (unpaired) electrons. The molecule has 2 heterocycles. The Bertz CT molecular complexity index is 460.